The topological polar surface area (TPSA) is 41.1 Å². The van der Waals surface area contributed by atoms with Crippen molar-refractivity contribution in [2.75, 3.05) is 13.1 Å². The van der Waals surface area contributed by atoms with Crippen LogP contribution in [0.2, 0.25) is 0 Å². The molecule has 3 nitrogen and oxygen atoms in total. The third-order valence-corrected chi connectivity index (χ3v) is 2.76. The van der Waals surface area contributed by atoms with Crippen molar-refractivity contribution >= 4 is 5.91 Å². The van der Waals surface area contributed by atoms with Crippen LogP contribution in [0.1, 0.15) is 46.5 Å². The number of carbonyl (C=O) groups is 1. The second kappa shape index (κ2) is 5.50. The summed E-state index contributed by atoms with van der Waals surface area (Å²) in [7, 11) is 0. The van der Waals surface area contributed by atoms with Gasteiger partial charge >= 0.3 is 0 Å². The molecule has 1 aliphatic heterocycles. The number of rotatable bonds is 3. The van der Waals surface area contributed by atoms with Gasteiger partial charge in [0, 0.05) is 19.0 Å². The lowest BCUT2D eigenvalue weighted by Crippen LogP contribution is -2.45. The van der Waals surface area contributed by atoms with Crippen molar-refractivity contribution < 1.29 is 4.79 Å². The monoisotopic (exact) mass is 212 g/mol. The minimum Gasteiger partial charge on any atom is -0.352 e. The lowest BCUT2D eigenvalue weighted by atomic mass is 9.90. The molecule has 0 unspecified atom stereocenters. The summed E-state index contributed by atoms with van der Waals surface area (Å²) in [4.78, 5) is 11.6. The summed E-state index contributed by atoms with van der Waals surface area (Å²) in [5, 5.41) is 6.39. The molecule has 0 aromatic heterocycles. The molecular weight excluding hydrogens is 188 g/mol. The van der Waals surface area contributed by atoms with E-state index in [2.05, 4.69) is 31.4 Å². The third kappa shape index (κ3) is 5.78. The summed E-state index contributed by atoms with van der Waals surface area (Å²) in [6, 6.07) is 0.353. The zero-order valence-electron chi connectivity index (χ0n) is 10.2. The zero-order chi connectivity index (χ0) is 11.3. The molecule has 88 valence electrons. The quantitative estimate of drug-likeness (QED) is 0.747. The second-order valence-electron chi connectivity index (χ2n) is 5.67. The largest absolute Gasteiger partial charge is 0.352 e. The van der Waals surface area contributed by atoms with Crippen molar-refractivity contribution in [1.82, 2.24) is 10.6 Å². The van der Waals surface area contributed by atoms with Crippen LogP contribution in [0, 0.1) is 5.41 Å². The Labute approximate surface area is 93.0 Å². The number of nitrogens with one attached hydrogen (secondary N) is 2. The average molecular weight is 212 g/mol. The summed E-state index contributed by atoms with van der Waals surface area (Å²) in [5.74, 6) is 0.207. The van der Waals surface area contributed by atoms with Gasteiger partial charge < -0.3 is 10.6 Å². The van der Waals surface area contributed by atoms with Gasteiger partial charge in [0.2, 0.25) is 5.91 Å². The van der Waals surface area contributed by atoms with Gasteiger partial charge in [-0.2, -0.15) is 0 Å². The fourth-order valence-electron chi connectivity index (χ4n) is 1.76. The van der Waals surface area contributed by atoms with Crippen molar-refractivity contribution in [3.63, 3.8) is 0 Å². The normalized spacial score (nSPS) is 22.5. The summed E-state index contributed by atoms with van der Waals surface area (Å²) in [6.07, 6.45) is 3.90. The van der Waals surface area contributed by atoms with Crippen molar-refractivity contribution in [1.29, 1.82) is 0 Å². The molecule has 1 fully saturated rings. The number of piperidine rings is 1. The van der Waals surface area contributed by atoms with Gasteiger partial charge in [-0.25, -0.2) is 0 Å². The zero-order valence-corrected chi connectivity index (χ0v) is 10.2. The minimum absolute atomic E-state index is 0.207. The van der Waals surface area contributed by atoms with Crippen LogP contribution >= 0.6 is 0 Å². The molecule has 1 aliphatic rings. The van der Waals surface area contributed by atoms with E-state index in [4.69, 9.17) is 0 Å². The van der Waals surface area contributed by atoms with E-state index in [1.165, 1.54) is 6.42 Å². The van der Waals surface area contributed by atoms with Crippen molar-refractivity contribution in [2.45, 2.75) is 52.5 Å². The maximum absolute atomic E-state index is 11.6. The molecule has 1 heterocycles. The van der Waals surface area contributed by atoms with Gasteiger partial charge in [0.25, 0.3) is 0 Å². The van der Waals surface area contributed by atoms with Crippen LogP contribution in [-0.4, -0.2) is 25.0 Å². The van der Waals surface area contributed by atoms with E-state index in [0.29, 0.717) is 12.5 Å². The molecule has 0 aliphatic carbocycles. The minimum atomic E-state index is 0.207. The SMILES string of the molecule is CC(C)(C)CCC(=O)N[C@@H]1CCCNC1. The first-order valence-corrected chi connectivity index (χ1v) is 5.97. The Morgan fingerprint density at radius 2 is 2.20 bits per heavy atom. The van der Waals surface area contributed by atoms with Crippen LogP contribution in [-0.2, 0) is 4.79 Å². The first kappa shape index (κ1) is 12.5. The molecule has 1 saturated heterocycles. The highest BCUT2D eigenvalue weighted by Crippen LogP contribution is 2.20. The molecule has 1 rings (SSSR count). The molecule has 3 heteroatoms. The maximum atomic E-state index is 11.6. The Balaban J connectivity index is 2.17. The van der Waals surface area contributed by atoms with Crippen LogP contribution in [0.25, 0.3) is 0 Å². The smallest absolute Gasteiger partial charge is 0.220 e. The first-order valence-electron chi connectivity index (χ1n) is 5.97. The molecular formula is C12H24N2O. The molecule has 0 aromatic carbocycles. The fraction of sp³-hybridized carbons (Fsp3) is 0.917. The van der Waals surface area contributed by atoms with Crippen molar-refractivity contribution in [3.8, 4) is 0 Å². The van der Waals surface area contributed by atoms with Gasteiger partial charge in [-0.15, -0.1) is 0 Å². The molecule has 2 N–H and O–H groups in total. The molecule has 0 radical (unpaired) electrons. The standard InChI is InChI=1S/C12H24N2O/c1-12(2,3)7-6-11(15)14-10-5-4-8-13-9-10/h10,13H,4-9H2,1-3H3,(H,14,15)/t10-/m1/s1. The van der Waals surface area contributed by atoms with Gasteiger partial charge in [0.1, 0.15) is 0 Å². The summed E-state index contributed by atoms with van der Waals surface area (Å²) >= 11 is 0. The molecule has 0 aromatic rings. The number of amides is 1. The number of hydrogen-bond acceptors (Lipinski definition) is 2. The van der Waals surface area contributed by atoms with Crippen LogP contribution < -0.4 is 10.6 Å². The van der Waals surface area contributed by atoms with Crippen LogP contribution in [0.3, 0.4) is 0 Å². The molecule has 1 atom stereocenters. The fourth-order valence-corrected chi connectivity index (χ4v) is 1.76. The Kier molecular flexibility index (Phi) is 4.58. The van der Waals surface area contributed by atoms with Crippen molar-refractivity contribution in [2.24, 2.45) is 5.41 Å². The Morgan fingerprint density at radius 1 is 1.47 bits per heavy atom. The van der Waals surface area contributed by atoms with Crippen LogP contribution in [0.5, 0.6) is 0 Å². The van der Waals surface area contributed by atoms with Crippen LogP contribution in [0.4, 0.5) is 0 Å². The molecule has 1 amide bonds. The summed E-state index contributed by atoms with van der Waals surface area (Å²) < 4.78 is 0. The second-order valence-corrected chi connectivity index (χ2v) is 5.67. The van der Waals surface area contributed by atoms with E-state index in [1.807, 2.05) is 0 Å². The molecule has 15 heavy (non-hydrogen) atoms. The lowest BCUT2D eigenvalue weighted by Gasteiger charge is -2.24. The van der Waals surface area contributed by atoms with Gasteiger partial charge in [0.15, 0.2) is 0 Å². The summed E-state index contributed by atoms with van der Waals surface area (Å²) in [6.45, 7) is 8.53. The van der Waals surface area contributed by atoms with E-state index < -0.39 is 0 Å². The summed E-state index contributed by atoms with van der Waals surface area (Å²) in [5.41, 5.74) is 0.252. The van der Waals surface area contributed by atoms with E-state index in [0.717, 1.165) is 25.9 Å². The highest BCUT2D eigenvalue weighted by Gasteiger charge is 2.17. The van der Waals surface area contributed by atoms with Gasteiger partial charge in [-0.3, -0.25) is 4.79 Å². The number of hydrogen-bond donors (Lipinski definition) is 2. The molecule has 0 bridgehead atoms. The lowest BCUT2D eigenvalue weighted by molar-refractivity contribution is -0.122. The van der Waals surface area contributed by atoms with E-state index in [9.17, 15) is 4.79 Å². The molecule has 0 saturated carbocycles. The third-order valence-electron chi connectivity index (χ3n) is 2.76. The van der Waals surface area contributed by atoms with Crippen LogP contribution in [0.15, 0.2) is 0 Å². The highest BCUT2D eigenvalue weighted by atomic mass is 16.1. The predicted octanol–water partition coefficient (Wildman–Crippen LogP) is 1.68. The highest BCUT2D eigenvalue weighted by molar-refractivity contribution is 5.76. The van der Waals surface area contributed by atoms with Gasteiger partial charge in [-0.05, 0) is 31.2 Å². The maximum Gasteiger partial charge on any atom is 0.220 e. The average Bonchev–Trinajstić information content (AvgIpc) is 2.15. The van der Waals surface area contributed by atoms with E-state index in [1.54, 1.807) is 0 Å². The molecule has 0 spiro atoms. The predicted molar refractivity (Wildman–Crippen MR) is 62.7 cm³/mol. The first-order chi connectivity index (χ1) is 6.97. The Hall–Kier alpha value is -0.570. The van der Waals surface area contributed by atoms with Gasteiger partial charge in [-0.1, -0.05) is 20.8 Å². The van der Waals surface area contributed by atoms with E-state index in [-0.39, 0.29) is 11.3 Å². The van der Waals surface area contributed by atoms with Gasteiger partial charge in [0.05, 0.1) is 0 Å². The Morgan fingerprint density at radius 3 is 2.73 bits per heavy atom. The van der Waals surface area contributed by atoms with E-state index >= 15 is 0 Å². The number of carbonyl (C=O) groups excluding carboxylic acids is 1. The Bertz CT molecular complexity index is 202. The van der Waals surface area contributed by atoms with Crippen molar-refractivity contribution in [3.05, 3.63) is 0 Å².